The van der Waals surface area contributed by atoms with Crippen molar-refractivity contribution < 1.29 is 9.53 Å². The van der Waals surface area contributed by atoms with Crippen LogP contribution in [-0.4, -0.2) is 13.1 Å². The van der Waals surface area contributed by atoms with E-state index in [9.17, 15) is 4.79 Å². The number of hydrogen-bond donors (Lipinski definition) is 0. The van der Waals surface area contributed by atoms with Crippen LogP contribution in [0.5, 0.6) is 0 Å². The Morgan fingerprint density at radius 3 is 2.56 bits per heavy atom. The Morgan fingerprint density at radius 1 is 1.44 bits per heavy atom. The predicted octanol–water partition coefficient (Wildman–Crippen LogP) is 1.29. The zero-order chi connectivity index (χ0) is 7.11. The van der Waals surface area contributed by atoms with E-state index in [2.05, 4.69) is 4.74 Å². The van der Waals surface area contributed by atoms with Crippen molar-refractivity contribution in [2.75, 3.05) is 7.11 Å². The van der Waals surface area contributed by atoms with Crippen molar-refractivity contribution >= 4 is 5.97 Å². The summed E-state index contributed by atoms with van der Waals surface area (Å²) in [6.45, 7) is 1.88. The second kappa shape index (κ2) is 5.09. The largest absolute Gasteiger partial charge is 0.466 e. The number of hydrogen-bond acceptors (Lipinski definition) is 2. The molecule has 0 aliphatic carbocycles. The highest BCUT2D eigenvalue weighted by Crippen LogP contribution is 1.78. The van der Waals surface area contributed by atoms with Gasteiger partial charge in [-0.2, -0.15) is 0 Å². The second-order valence-corrected chi connectivity index (χ2v) is 1.41. The summed E-state index contributed by atoms with van der Waals surface area (Å²) in [7, 11) is 1.35. The number of ether oxygens (including phenoxy) is 1. The lowest BCUT2D eigenvalue weighted by atomic mass is 10.4. The lowest BCUT2D eigenvalue weighted by molar-refractivity contribution is -0.134. The van der Waals surface area contributed by atoms with Crippen LogP contribution >= 0.6 is 0 Å². The van der Waals surface area contributed by atoms with Crippen LogP contribution in [0.25, 0.3) is 0 Å². The number of esters is 1. The maximum absolute atomic E-state index is 10.3. The summed E-state index contributed by atoms with van der Waals surface area (Å²) in [5.41, 5.74) is 0. The van der Waals surface area contributed by atoms with Gasteiger partial charge in [0.2, 0.25) is 0 Å². The molecular weight excluding hydrogens is 116 g/mol. The molecule has 0 aliphatic rings. The molecule has 0 amide bonds. The molecule has 0 radical (unpaired) electrons. The van der Waals surface area contributed by atoms with E-state index in [0.717, 1.165) is 0 Å². The van der Waals surface area contributed by atoms with Crippen molar-refractivity contribution in [2.45, 2.75) is 6.92 Å². The minimum Gasteiger partial charge on any atom is -0.466 e. The molecule has 0 bridgehead atoms. The monoisotopic (exact) mass is 126 g/mol. The Labute approximate surface area is 54.8 Å². The molecule has 0 heterocycles. The third-order valence-corrected chi connectivity index (χ3v) is 0.737. The first kappa shape index (κ1) is 7.95. The summed E-state index contributed by atoms with van der Waals surface area (Å²) in [6.07, 6.45) is 6.59. The minimum absolute atomic E-state index is 0.326. The zero-order valence-corrected chi connectivity index (χ0v) is 5.63. The molecule has 0 aromatic carbocycles. The standard InChI is InChI=1S/C7H10O2/c1-3-4-5-6-7(8)9-2/h3-6H,1-2H3/b4-3-,6-5+. The van der Waals surface area contributed by atoms with Gasteiger partial charge in [-0.15, -0.1) is 0 Å². The lowest BCUT2D eigenvalue weighted by Crippen LogP contribution is -1.92. The van der Waals surface area contributed by atoms with Gasteiger partial charge in [0.05, 0.1) is 7.11 Å². The van der Waals surface area contributed by atoms with Gasteiger partial charge in [0.15, 0.2) is 0 Å². The van der Waals surface area contributed by atoms with Crippen molar-refractivity contribution in [1.29, 1.82) is 0 Å². The molecule has 0 saturated heterocycles. The number of methoxy groups -OCH3 is 1. The minimum atomic E-state index is -0.326. The van der Waals surface area contributed by atoms with Crippen LogP contribution in [0.15, 0.2) is 24.3 Å². The van der Waals surface area contributed by atoms with E-state index >= 15 is 0 Å². The molecule has 0 spiro atoms. The van der Waals surface area contributed by atoms with E-state index in [4.69, 9.17) is 0 Å². The van der Waals surface area contributed by atoms with E-state index in [1.54, 1.807) is 12.2 Å². The molecule has 0 aromatic heterocycles. The summed E-state index contributed by atoms with van der Waals surface area (Å²) < 4.78 is 4.34. The molecule has 50 valence electrons. The quantitative estimate of drug-likeness (QED) is 0.316. The molecule has 0 unspecified atom stereocenters. The molecular formula is C7H10O2. The topological polar surface area (TPSA) is 26.3 Å². The van der Waals surface area contributed by atoms with Crippen molar-refractivity contribution in [1.82, 2.24) is 0 Å². The van der Waals surface area contributed by atoms with E-state index in [1.165, 1.54) is 13.2 Å². The van der Waals surface area contributed by atoms with Gasteiger partial charge in [0, 0.05) is 6.08 Å². The van der Waals surface area contributed by atoms with E-state index in [1.807, 2.05) is 13.0 Å². The van der Waals surface area contributed by atoms with Gasteiger partial charge in [-0.1, -0.05) is 18.2 Å². The van der Waals surface area contributed by atoms with Crippen molar-refractivity contribution in [2.24, 2.45) is 0 Å². The van der Waals surface area contributed by atoms with Crippen LogP contribution in [-0.2, 0) is 9.53 Å². The summed E-state index contributed by atoms with van der Waals surface area (Å²) in [5.74, 6) is -0.326. The van der Waals surface area contributed by atoms with Gasteiger partial charge in [-0.25, -0.2) is 4.79 Å². The second-order valence-electron chi connectivity index (χ2n) is 1.41. The van der Waals surface area contributed by atoms with Crippen molar-refractivity contribution in [3.05, 3.63) is 24.3 Å². The van der Waals surface area contributed by atoms with Crippen LogP contribution in [0.1, 0.15) is 6.92 Å². The predicted molar refractivity (Wildman–Crippen MR) is 36.0 cm³/mol. The van der Waals surface area contributed by atoms with Crippen LogP contribution in [0.4, 0.5) is 0 Å². The highest BCUT2D eigenvalue weighted by atomic mass is 16.5. The molecule has 0 N–H and O–H groups in total. The maximum atomic E-state index is 10.3. The summed E-state index contributed by atoms with van der Waals surface area (Å²) in [5, 5.41) is 0. The molecule has 2 nitrogen and oxygen atoms in total. The van der Waals surface area contributed by atoms with Gasteiger partial charge in [-0.05, 0) is 6.92 Å². The maximum Gasteiger partial charge on any atom is 0.330 e. The molecule has 0 rings (SSSR count). The number of allylic oxidation sites excluding steroid dienone is 3. The number of carbonyl (C=O) groups is 1. The van der Waals surface area contributed by atoms with E-state index in [0.29, 0.717) is 0 Å². The lowest BCUT2D eigenvalue weighted by Gasteiger charge is -1.85. The summed E-state index contributed by atoms with van der Waals surface area (Å²) in [6, 6.07) is 0. The molecule has 2 heteroatoms. The van der Waals surface area contributed by atoms with Gasteiger partial charge >= 0.3 is 5.97 Å². The van der Waals surface area contributed by atoms with Gasteiger partial charge in [0.1, 0.15) is 0 Å². The average Bonchev–Trinajstić information content (AvgIpc) is 1.89. The van der Waals surface area contributed by atoms with E-state index < -0.39 is 0 Å². The number of rotatable bonds is 2. The molecule has 9 heavy (non-hydrogen) atoms. The van der Waals surface area contributed by atoms with Crippen LogP contribution < -0.4 is 0 Å². The molecule has 0 saturated carbocycles. The smallest absolute Gasteiger partial charge is 0.330 e. The fourth-order valence-corrected chi connectivity index (χ4v) is 0.313. The SMILES string of the molecule is C/C=C\C=C\C(=O)OC. The molecule has 0 aromatic rings. The fraction of sp³-hybridized carbons (Fsp3) is 0.286. The first-order chi connectivity index (χ1) is 4.31. The van der Waals surface area contributed by atoms with E-state index in [-0.39, 0.29) is 5.97 Å². The highest BCUT2D eigenvalue weighted by molar-refractivity contribution is 5.82. The molecule has 0 fully saturated rings. The van der Waals surface area contributed by atoms with Gasteiger partial charge < -0.3 is 4.74 Å². The van der Waals surface area contributed by atoms with Gasteiger partial charge in [-0.3, -0.25) is 0 Å². The summed E-state index contributed by atoms with van der Waals surface area (Å²) in [4.78, 5) is 10.3. The Hall–Kier alpha value is -1.05. The molecule has 0 aliphatic heterocycles. The normalized spacial score (nSPS) is 10.9. The third-order valence-electron chi connectivity index (χ3n) is 0.737. The average molecular weight is 126 g/mol. The summed E-state index contributed by atoms with van der Waals surface area (Å²) >= 11 is 0. The Kier molecular flexibility index (Phi) is 4.50. The molecule has 0 atom stereocenters. The first-order valence-corrected chi connectivity index (χ1v) is 2.68. The van der Waals surface area contributed by atoms with Crippen molar-refractivity contribution in [3.8, 4) is 0 Å². The third kappa shape index (κ3) is 4.81. The van der Waals surface area contributed by atoms with Crippen LogP contribution in [0.3, 0.4) is 0 Å². The Bertz CT molecular complexity index is 134. The fourth-order valence-electron chi connectivity index (χ4n) is 0.313. The number of carbonyl (C=O) groups excluding carboxylic acids is 1. The Morgan fingerprint density at radius 2 is 2.11 bits per heavy atom. The Balaban J connectivity index is 3.57. The van der Waals surface area contributed by atoms with Crippen LogP contribution in [0, 0.1) is 0 Å². The van der Waals surface area contributed by atoms with Crippen molar-refractivity contribution in [3.63, 3.8) is 0 Å². The zero-order valence-electron chi connectivity index (χ0n) is 5.63. The highest BCUT2D eigenvalue weighted by Gasteiger charge is 1.85. The van der Waals surface area contributed by atoms with Gasteiger partial charge in [0.25, 0.3) is 0 Å². The first-order valence-electron chi connectivity index (χ1n) is 2.68. The van der Waals surface area contributed by atoms with Crippen LogP contribution in [0.2, 0.25) is 0 Å².